The topological polar surface area (TPSA) is 0 Å². The average Bonchev–Trinajstić information content (AvgIpc) is 2.41. The van der Waals surface area contributed by atoms with E-state index in [4.69, 9.17) is 0 Å². The molecule has 0 aliphatic carbocycles. The summed E-state index contributed by atoms with van der Waals surface area (Å²) in [4.78, 5) is 0. The predicted octanol–water partition coefficient (Wildman–Crippen LogP) is 7.37. The van der Waals surface area contributed by atoms with Crippen molar-refractivity contribution in [1.82, 2.24) is 0 Å². The van der Waals surface area contributed by atoms with Crippen molar-refractivity contribution in [3.63, 3.8) is 0 Å². The fourth-order valence-corrected chi connectivity index (χ4v) is 3.13. The van der Waals surface area contributed by atoms with Gasteiger partial charge in [-0.2, -0.15) is 0 Å². The van der Waals surface area contributed by atoms with Crippen LogP contribution in [0.15, 0.2) is 0 Å². The predicted molar refractivity (Wildman–Crippen MR) is 89.7 cm³/mol. The van der Waals surface area contributed by atoms with Crippen LogP contribution in [-0.2, 0) is 0 Å². The zero-order chi connectivity index (χ0) is 14.3. The van der Waals surface area contributed by atoms with Gasteiger partial charge in [0, 0.05) is 0 Å². The molecule has 19 heavy (non-hydrogen) atoms. The number of unbranched alkanes of at least 4 members (excludes halogenated alkanes) is 7. The van der Waals surface area contributed by atoms with Crippen molar-refractivity contribution in [2.45, 2.75) is 111 Å². The van der Waals surface area contributed by atoms with E-state index < -0.39 is 0 Å². The maximum absolute atomic E-state index is 2.48. The summed E-state index contributed by atoms with van der Waals surface area (Å²) in [7, 11) is 0. The molecule has 0 aromatic heterocycles. The van der Waals surface area contributed by atoms with Crippen molar-refractivity contribution in [2.24, 2.45) is 11.8 Å². The summed E-state index contributed by atoms with van der Waals surface area (Å²) in [6.45, 7) is 9.47. The van der Waals surface area contributed by atoms with Crippen LogP contribution in [0.3, 0.4) is 0 Å². The molecule has 0 fully saturated rings. The van der Waals surface area contributed by atoms with Gasteiger partial charge in [-0.25, -0.2) is 0 Å². The second-order valence-corrected chi connectivity index (χ2v) is 6.67. The van der Waals surface area contributed by atoms with Gasteiger partial charge in [0.1, 0.15) is 0 Å². The van der Waals surface area contributed by atoms with Gasteiger partial charge in [-0.1, -0.05) is 105 Å². The molecule has 0 saturated carbocycles. The summed E-state index contributed by atoms with van der Waals surface area (Å²) in [5.74, 6) is 1.96. The molecular formula is C19H40. The van der Waals surface area contributed by atoms with Gasteiger partial charge in [-0.15, -0.1) is 0 Å². The molecule has 0 bridgehead atoms. The first-order valence-electron chi connectivity index (χ1n) is 9.24. The van der Waals surface area contributed by atoms with Crippen LogP contribution < -0.4 is 0 Å². The summed E-state index contributed by atoms with van der Waals surface area (Å²) < 4.78 is 0. The Hall–Kier alpha value is 0. The second-order valence-electron chi connectivity index (χ2n) is 6.67. The molecule has 0 aliphatic rings. The van der Waals surface area contributed by atoms with Crippen LogP contribution >= 0.6 is 0 Å². The van der Waals surface area contributed by atoms with Gasteiger partial charge < -0.3 is 0 Å². The molecule has 0 heteroatoms. The highest BCUT2D eigenvalue weighted by Gasteiger charge is 2.11. The smallest absolute Gasteiger partial charge is 0.0414 e. The molecule has 0 nitrogen and oxygen atoms in total. The van der Waals surface area contributed by atoms with Crippen molar-refractivity contribution < 1.29 is 0 Å². The van der Waals surface area contributed by atoms with Crippen LogP contribution in [0, 0.1) is 11.8 Å². The van der Waals surface area contributed by atoms with Gasteiger partial charge in [0.15, 0.2) is 0 Å². The minimum atomic E-state index is 0.956. The van der Waals surface area contributed by atoms with Gasteiger partial charge in [-0.3, -0.25) is 0 Å². The maximum atomic E-state index is 2.48. The number of hydrogen-bond donors (Lipinski definition) is 0. The highest BCUT2D eigenvalue weighted by Crippen LogP contribution is 2.25. The standard InChI is InChI=1S/C19H40/c1-5-8-10-11-12-14-15-18(4)17-19(7-3)16-13-9-6-2/h18-19H,5-17H2,1-4H3. The van der Waals surface area contributed by atoms with Crippen molar-refractivity contribution in [3.8, 4) is 0 Å². The monoisotopic (exact) mass is 268 g/mol. The molecule has 0 aromatic carbocycles. The van der Waals surface area contributed by atoms with E-state index in [0.717, 1.165) is 11.8 Å². The lowest BCUT2D eigenvalue weighted by Crippen LogP contribution is -2.06. The van der Waals surface area contributed by atoms with Gasteiger partial charge in [-0.05, 0) is 18.3 Å². The van der Waals surface area contributed by atoms with Crippen molar-refractivity contribution in [3.05, 3.63) is 0 Å². The van der Waals surface area contributed by atoms with E-state index in [1.54, 1.807) is 0 Å². The van der Waals surface area contributed by atoms with Gasteiger partial charge in [0.05, 0.1) is 0 Å². The third-order valence-corrected chi connectivity index (χ3v) is 4.58. The fraction of sp³-hybridized carbons (Fsp3) is 1.00. The Balaban J connectivity index is 3.50. The molecule has 0 spiro atoms. The first-order valence-corrected chi connectivity index (χ1v) is 9.24. The summed E-state index contributed by atoms with van der Waals surface area (Å²) in [6, 6.07) is 0. The van der Waals surface area contributed by atoms with E-state index >= 15 is 0 Å². The lowest BCUT2D eigenvalue weighted by atomic mass is 9.87. The Morgan fingerprint density at radius 2 is 1.16 bits per heavy atom. The first kappa shape index (κ1) is 19.0. The first-order chi connectivity index (χ1) is 9.24. The van der Waals surface area contributed by atoms with Crippen LogP contribution in [-0.4, -0.2) is 0 Å². The third-order valence-electron chi connectivity index (χ3n) is 4.58. The lowest BCUT2D eigenvalue weighted by molar-refractivity contribution is 0.331. The molecule has 116 valence electrons. The van der Waals surface area contributed by atoms with E-state index in [2.05, 4.69) is 27.7 Å². The lowest BCUT2D eigenvalue weighted by Gasteiger charge is -2.19. The maximum Gasteiger partial charge on any atom is -0.0414 e. The summed E-state index contributed by atoms with van der Waals surface area (Å²) >= 11 is 0. The molecule has 2 atom stereocenters. The summed E-state index contributed by atoms with van der Waals surface area (Å²) in [5.41, 5.74) is 0. The zero-order valence-corrected chi connectivity index (χ0v) is 14.3. The van der Waals surface area contributed by atoms with Crippen LogP contribution in [0.1, 0.15) is 111 Å². The molecular weight excluding hydrogens is 228 g/mol. The van der Waals surface area contributed by atoms with E-state index in [0.29, 0.717) is 0 Å². The van der Waals surface area contributed by atoms with Gasteiger partial charge >= 0.3 is 0 Å². The Labute approximate surface area is 123 Å². The second kappa shape index (κ2) is 14.4. The summed E-state index contributed by atoms with van der Waals surface area (Å²) in [5, 5.41) is 0. The van der Waals surface area contributed by atoms with Crippen LogP contribution in [0.4, 0.5) is 0 Å². The minimum absolute atomic E-state index is 0.956. The fourth-order valence-electron chi connectivity index (χ4n) is 3.13. The zero-order valence-electron chi connectivity index (χ0n) is 14.3. The molecule has 0 aromatic rings. The Bertz CT molecular complexity index is 161. The normalized spacial score (nSPS) is 14.5. The van der Waals surface area contributed by atoms with Crippen LogP contribution in [0.5, 0.6) is 0 Å². The van der Waals surface area contributed by atoms with Crippen LogP contribution in [0.25, 0.3) is 0 Å². The van der Waals surface area contributed by atoms with Gasteiger partial charge in [0.25, 0.3) is 0 Å². The minimum Gasteiger partial charge on any atom is -0.0654 e. The Kier molecular flexibility index (Phi) is 14.4. The Morgan fingerprint density at radius 3 is 1.79 bits per heavy atom. The Morgan fingerprint density at radius 1 is 0.632 bits per heavy atom. The highest BCUT2D eigenvalue weighted by atomic mass is 14.2. The average molecular weight is 269 g/mol. The van der Waals surface area contributed by atoms with Crippen molar-refractivity contribution in [2.75, 3.05) is 0 Å². The molecule has 0 aliphatic heterocycles. The number of hydrogen-bond acceptors (Lipinski definition) is 0. The SMILES string of the molecule is CCCCCCCCC(C)CC(CC)CCCCC. The molecule has 0 amide bonds. The quantitative estimate of drug-likeness (QED) is 0.288. The molecule has 0 N–H and O–H groups in total. The molecule has 0 rings (SSSR count). The van der Waals surface area contributed by atoms with E-state index in [1.807, 2.05) is 0 Å². The third kappa shape index (κ3) is 12.8. The van der Waals surface area contributed by atoms with E-state index in [9.17, 15) is 0 Å². The number of rotatable bonds is 14. The molecule has 0 saturated heterocycles. The largest absolute Gasteiger partial charge is 0.0654 e. The van der Waals surface area contributed by atoms with E-state index in [-0.39, 0.29) is 0 Å². The van der Waals surface area contributed by atoms with Gasteiger partial charge in [0.2, 0.25) is 0 Å². The van der Waals surface area contributed by atoms with Crippen molar-refractivity contribution in [1.29, 1.82) is 0 Å². The van der Waals surface area contributed by atoms with Crippen molar-refractivity contribution >= 4 is 0 Å². The molecule has 0 radical (unpaired) electrons. The van der Waals surface area contributed by atoms with E-state index in [1.165, 1.54) is 83.5 Å². The molecule has 0 heterocycles. The van der Waals surface area contributed by atoms with Crippen LogP contribution in [0.2, 0.25) is 0 Å². The molecule has 2 unspecified atom stereocenters. The summed E-state index contributed by atoms with van der Waals surface area (Å²) in [6.07, 6.45) is 18.7. The highest BCUT2D eigenvalue weighted by molar-refractivity contribution is 4.63.